The summed E-state index contributed by atoms with van der Waals surface area (Å²) in [5, 5.41) is 21.4. The van der Waals surface area contributed by atoms with Crippen LogP contribution in [-0.4, -0.2) is 20.2 Å². The van der Waals surface area contributed by atoms with Crippen molar-refractivity contribution in [1.82, 2.24) is 9.97 Å². The van der Waals surface area contributed by atoms with Crippen molar-refractivity contribution in [3.8, 4) is 11.5 Å². The molecule has 21 heavy (non-hydrogen) atoms. The predicted molar refractivity (Wildman–Crippen MR) is 83.7 cm³/mol. The van der Waals surface area contributed by atoms with E-state index in [4.69, 9.17) is 0 Å². The number of phenolic OH excluding ortho intramolecular Hbond substituents is 2. The third-order valence-electron chi connectivity index (χ3n) is 3.80. The van der Waals surface area contributed by atoms with Crippen LogP contribution in [0, 0.1) is 13.8 Å². The van der Waals surface area contributed by atoms with Gasteiger partial charge in [-0.25, -0.2) is 4.98 Å². The molecule has 0 saturated heterocycles. The SMILES string of the molecule is C=c1c(C)c(O)/c(=C/c2nc3ccccc3[nH]2)c(C)c1O. The Morgan fingerprint density at radius 1 is 1.10 bits per heavy atom. The van der Waals surface area contributed by atoms with Gasteiger partial charge >= 0.3 is 0 Å². The number of phenols is 2. The van der Waals surface area contributed by atoms with Crippen LogP contribution in [0.1, 0.15) is 17.0 Å². The van der Waals surface area contributed by atoms with Crippen LogP contribution in [0.4, 0.5) is 0 Å². The Bertz CT molecular complexity index is 887. The van der Waals surface area contributed by atoms with Gasteiger partial charge in [0.25, 0.3) is 0 Å². The highest BCUT2D eigenvalue weighted by Gasteiger charge is 2.10. The molecule has 0 atom stereocenters. The number of imidazole rings is 1. The molecule has 0 aliphatic heterocycles. The lowest BCUT2D eigenvalue weighted by atomic mass is 10.0. The number of aromatic nitrogens is 2. The summed E-state index contributed by atoms with van der Waals surface area (Å²) in [5.74, 6) is 0.855. The number of nitrogens with one attached hydrogen (secondary N) is 1. The summed E-state index contributed by atoms with van der Waals surface area (Å²) in [4.78, 5) is 7.63. The first kappa shape index (κ1) is 13.2. The maximum atomic E-state index is 10.3. The molecule has 1 heterocycles. The summed E-state index contributed by atoms with van der Waals surface area (Å²) in [7, 11) is 0. The Balaban J connectivity index is 2.31. The fraction of sp³-hybridized carbons (Fsp3) is 0.118. The minimum Gasteiger partial charge on any atom is -0.507 e. The summed E-state index contributed by atoms with van der Waals surface area (Å²) in [6.07, 6.45) is 1.73. The Morgan fingerprint density at radius 3 is 2.52 bits per heavy atom. The second-order valence-corrected chi connectivity index (χ2v) is 5.12. The molecule has 0 aliphatic carbocycles. The van der Waals surface area contributed by atoms with E-state index in [-0.39, 0.29) is 11.5 Å². The molecule has 0 saturated carbocycles. The van der Waals surface area contributed by atoms with E-state index in [1.54, 1.807) is 19.9 Å². The maximum Gasteiger partial charge on any atom is 0.131 e. The topological polar surface area (TPSA) is 69.1 Å². The fourth-order valence-corrected chi connectivity index (χ4v) is 2.41. The van der Waals surface area contributed by atoms with Crippen molar-refractivity contribution >= 4 is 23.7 Å². The third kappa shape index (κ3) is 2.05. The number of fused-ring (bicyclic) bond motifs is 1. The molecule has 0 unspecified atom stereocenters. The van der Waals surface area contributed by atoms with Crippen LogP contribution in [0.3, 0.4) is 0 Å². The van der Waals surface area contributed by atoms with E-state index >= 15 is 0 Å². The molecule has 2 aromatic carbocycles. The number of rotatable bonds is 1. The average Bonchev–Trinajstić information content (AvgIpc) is 2.90. The van der Waals surface area contributed by atoms with E-state index in [9.17, 15) is 10.2 Å². The van der Waals surface area contributed by atoms with Gasteiger partial charge in [0, 0.05) is 21.6 Å². The number of para-hydroxylation sites is 2. The number of H-pyrrole nitrogens is 1. The molecule has 0 aliphatic rings. The Hall–Kier alpha value is -2.75. The van der Waals surface area contributed by atoms with Crippen molar-refractivity contribution in [2.45, 2.75) is 13.8 Å². The van der Waals surface area contributed by atoms with Gasteiger partial charge in [0.15, 0.2) is 0 Å². The number of nitrogens with zero attached hydrogens (tertiary/aromatic N) is 1. The summed E-state index contributed by atoms with van der Waals surface area (Å²) >= 11 is 0. The van der Waals surface area contributed by atoms with E-state index in [1.165, 1.54) is 0 Å². The first-order valence-corrected chi connectivity index (χ1v) is 6.65. The quantitative estimate of drug-likeness (QED) is 0.596. The second-order valence-electron chi connectivity index (χ2n) is 5.12. The third-order valence-corrected chi connectivity index (χ3v) is 3.80. The molecule has 0 spiro atoms. The molecule has 106 valence electrons. The maximum absolute atomic E-state index is 10.3. The molecule has 3 aromatic rings. The van der Waals surface area contributed by atoms with Crippen molar-refractivity contribution in [2.75, 3.05) is 0 Å². The first-order chi connectivity index (χ1) is 9.99. The van der Waals surface area contributed by atoms with Crippen LogP contribution in [0.25, 0.3) is 23.7 Å². The van der Waals surface area contributed by atoms with E-state index in [0.29, 0.717) is 27.4 Å². The molecule has 3 rings (SSSR count). The minimum absolute atomic E-state index is 0.104. The van der Waals surface area contributed by atoms with Gasteiger partial charge in [-0.05, 0) is 32.1 Å². The van der Waals surface area contributed by atoms with Gasteiger partial charge in [0.2, 0.25) is 0 Å². The highest BCUT2D eigenvalue weighted by Crippen LogP contribution is 2.16. The Morgan fingerprint density at radius 2 is 1.81 bits per heavy atom. The normalized spacial score (nSPS) is 12.2. The van der Waals surface area contributed by atoms with Crippen molar-refractivity contribution in [2.24, 2.45) is 0 Å². The Labute approximate surface area is 121 Å². The zero-order chi connectivity index (χ0) is 15.1. The van der Waals surface area contributed by atoms with Crippen LogP contribution in [0.2, 0.25) is 0 Å². The number of aromatic amines is 1. The van der Waals surface area contributed by atoms with Gasteiger partial charge in [-0.15, -0.1) is 0 Å². The van der Waals surface area contributed by atoms with E-state index < -0.39 is 0 Å². The summed E-state index contributed by atoms with van der Waals surface area (Å²) in [5.41, 5.74) is 2.94. The lowest BCUT2D eigenvalue weighted by Crippen LogP contribution is -2.17. The predicted octanol–water partition coefficient (Wildman–Crippen LogP) is 1.83. The standard InChI is InChI=1S/C17H16N2O2/c1-9-10(2)17(21)12(11(3)16(9)20)8-15-18-13-6-4-5-7-14(13)19-15/h4-8,20-21H,1H2,2-3H3,(H,18,19)/b12-8+. The van der Waals surface area contributed by atoms with E-state index in [1.807, 2.05) is 24.3 Å². The molecule has 0 amide bonds. The fourth-order valence-electron chi connectivity index (χ4n) is 2.41. The van der Waals surface area contributed by atoms with Crippen molar-refractivity contribution in [3.05, 3.63) is 51.7 Å². The van der Waals surface area contributed by atoms with Crippen LogP contribution in [0.15, 0.2) is 24.3 Å². The molecule has 1 aromatic heterocycles. The molecule has 4 nitrogen and oxygen atoms in total. The zero-order valence-electron chi connectivity index (χ0n) is 11.9. The van der Waals surface area contributed by atoms with Crippen LogP contribution >= 0.6 is 0 Å². The van der Waals surface area contributed by atoms with Gasteiger partial charge in [0.1, 0.15) is 17.3 Å². The van der Waals surface area contributed by atoms with E-state index in [2.05, 4.69) is 16.5 Å². The van der Waals surface area contributed by atoms with Crippen molar-refractivity contribution in [3.63, 3.8) is 0 Å². The summed E-state index contributed by atoms with van der Waals surface area (Å²) in [6, 6.07) is 7.70. The molecule has 0 radical (unpaired) electrons. The lowest BCUT2D eigenvalue weighted by Gasteiger charge is -2.07. The van der Waals surface area contributed by atoms with Gasteiger partial charge in [-0.3, -0.25) is 0 Å². The number of hydrogen-bond acceptors (Lipinski definition) is 3. The second kappa shape index (κ2) is 4.66. The molecule has 3 N–H and O–H groups in total. The van der Waals surface area contributed by atoms with Gasteiger partial charge in [0.05, 0.1) is 11.0 Å². The molecule has 0 fully saturated rings. The van der Waals surface area contributed by atoms with Gasteiger partial charge in [-0.2, -0.15) is 0 Å². The zero-order valence-corrected chi connectivity index (χ0v) is 11.9. The summed E-state index contributed by atoms with van der Waals surface area (Å²) in [6.45, 7) is 7.25. The molecule has 4 heteroatoms. The minimum atomic E-state index is 0.104. The van der Waals surface area contributed by atoms with Crippen LogP contribution in [-0.2, 0) is 0 Å². The number of hydrogen-bond donors (Lipinski definition) is 3. The lowest BCUT2D eigenvalue weighted by molar-refractivity contribution is 0.445. The average molecular weight is 280 g/mol. The smallest absolute Gasteiger partial charge is 0.131 e. The highest BCUT2D eigenvalue weighted by molar-refractivity contribution is 5.76. The molecular weight excluding hydrogens is 264 g/mol. The van der Waals surface area contributed by atoms with Crippen LogP contribution in [0.5, 0.6) is 11.5 Å². The monoisotopic (exact) mass is 280 g/mol. The van der Waals surface area contributed by atoms with E-state index in [0.717, 1.165) is 11.0 Å². The van der Waals surface area contributed by atoms with Crippen molar-refractivity contribution in [1.29, 1.82) is 0 Å². The number of benzene rings is 2. The first-order valence-electron chi connectivity index (χ1n) is 6.65. The van der Waals surface area contributed by atoms with Gasteiger partial charge < -0.3 is 15.2 Å². The number of aromatic hydroxyl groups is 2. The van der Waals surface area contributed by atoms with Gasteiger partial charge in [-0.1, -0.05) is 18.7 Å². The summed E-state index contributed by atoms with van der Waals surface area (Å²) < 4.78 is 0. The molecular formula is C17H16N2O2. The molecule has 0 bridgehead atoms. The van der Waals surface area contributed by atoms with Crippen molar-refractivity contribution < 1.29 is 10.2 Å². The Kier molecular flexibility index (Phi) is 2.94. The van der Waals surface area contributed by atoms with Crippen LogP contribution < -0.4 is 10.4 Å². The highest BCUT2D eigenvalue weighted by atomic mass is 16.3. The largest absolute Gasteiger partial charge is 0.507 e.